The van der Waals surface area contributed by atoms with Gasteiger partial charge in [0.15, 0.2) is 15.4 Å². The molecule has 0 bridgehead atoms. The SMILES string of the molecule is C[C@]12Cc3cnn(-c4ccc(S(C)(=O)=O)cc4)c3C=C1CC[C@@H]1[C@@H]2[C@@H](O)C[C@@]2(C)[C@H]1CC[C@]2(OC(=O)c1ccco1)C(=O)SCC#N. The molecule has 0 radical (unpaired) electrons. The van der Waals surface area contributed by atoms with Gasteiger partial charge in [-0.3, -0.25) is 4.79 Å². The first-order chi connectivity index (χ1) is 22.3. The predicted octanol–water partition coefficient (Wildman–Crippen LogP) is 5.40. The normalized spacial score (nSPS) is 32.6. The number of carbonyl (C=O) groups is 2. The lowest BCUT2D eigenvalue weighted by Crippen LogP contribution is -2.62. The molecule has 0 amide bonds. The van der Waals surface area contributed by atoms with Crippen molar-refractivity contribution in [3.05, 3.63) is 71.4 Å². The van der Waals surface area contributed by atoms with Crippen LogP contribution >= 0.6 is 11.8 Å². The molecule has 1 N–H and O–H groups in total. The molecule has 10 nitrogen and oxygen atoms in total. The first-order valence-corrected chi connectivity index (χ1v) is 18.8. The van der Waals surface area contributed by atoms with Crippen molar-refractivity contribution >= 4 is 38.8 Å². The second-order valence-corrected chi connectivity index (χ2v) is 17.0. The highest BCUT2D eigenvalue weighted by molar-refractivity contribution is 8.14. The van der Waals surface area contributed by atoms with Gasteiger partial charge in [-0.15, -0.1) is 0 Å². The van der Waals surface area contributed by atoms with E-state index in [0.29, 0.717) is 19.3 Å². The fourth-order valence-corrected chi connectivity index (χ4v) is 11.0. The van der Waals surface area contributed by atoms with Crippen molar-refractivity contribution in [2.24, 2.45) is 28.6 Å². The van der Waals surface area contributed by atoms with E-state index in [9.17, 15) is 28.4 Å². The molecule has 0 spiro atoms. The van der Waals surface area contributed by atoms with E-state index in [2.05, 4.69) is 18.1 Å². The molecule has 0 unspecified atom stereocenters. The molecule has 7 rings (SSSR count). The number of aliphatic hydroxyl groups excluding tert-OH is 1. The Labute approximate surface area is 278 Å². The second-order valence-electron chi connectivity index (χ2n) is 14.0. The molecule has 2 aromatic heterocycles. The standard InChI is InChI=1S/C35H37N3O7S2/c1-33-18-21-20-37-38(23-7-9-24(10-8-23)47(3,42)43)27(21)17-22(33)6-11-25-26-12-13-35(32(41)46-16-14-36,34(26,2)19-28(39)30(25)33)45-31(40)29-5-4-15-44-29/h4-5,7-10,15,17,20,25-26,28,30,39H,6,11-13,16,18-19H2,1-3H3/t25-,26-,28-,30+,33-,34-,35-/m0/s1. The number of fused-ring (bicyclic) bond motifs is 6. The highest BCUT2D eigenvalue weighted by Gasteiger charge is 2.70. The second kappa shape index (κ2) is 11.2. The van der Waals surface area contributed by atoms with E-state index in [4.69, 9.17) is 9.15 Å². The number of rotatable bonds is 6. The third kappa shape index (κ3) is 4.84. The van der Waals surface area contributed by atoms with Crippen LogP contribution in [0.5, 0.6) is 0 Å². The number of carbonyl (C=O) groups excluding carboxylic acids is 2. The third-order valence-corrected chi connectivity index (χ3v) is 13.6. The number of furan rings is 1. The van der Waals surface area contributed by atoms with Gasteiger partial charge in [0.1, 0.15) is 0 Å². The summed E-state index contributed by atoms with van der Waals surface area (Å²) in [6.07, 6.45) is 9.44. The van der Waals surface area contributed by atoms with Crippen LogP contribution in [0, 0.1) is 39.9 Å². The molecular formula is C35H37N3O7S2. The number of esters is 1. The number of nitriles is 1. The van der Waals surface area contributed by atoms with Crippen molar-refractivity contribution in [1.29, 1.82) is 5.26 Å². The van der Waals surface area contributed by atoms with Crippen LogP contribution in [-0.2, 0) is 25.8 Å². The molecule has 3 fully saturated rings. The number of sulfone groups is 1. The zero-order chi connectivity index (χ0) is 33.4. The first kappa shape index (κ1) is 31.9. The van der Waals surface area contributed by atoms with Gasteiger partial charge in [-0.25, -0.2) is 17.9 Å². The van der Waals surface area contributed by atoms with Crippen LogP contribution in [0.1, 0.15) is 67.8 Å². The van der Waals surface area contributed by atoms with Crippen LogP contribution < -0.4 is 0 Å². The monoisotopic (exact) mass is 675 g/mol. The van der Waals surface area contributed by atoms with Gasteiger partial charge in [0.05, 0.1) is 46.7 Å². The van der Waals surface area contributed by atoms with Gasteiger partial charge >= 0.3 is 5.97 Å². The Morgan fingerprint density at radius 1 is 1.21 bits per heavy atom. The van der Waals surface area contributed by atoms with Crippen molar-refractivity contribution in [2.45, 2.75) is 69.0 Å². The molecule has 3 aromatic rings. The number of hydrogen-bond acceptors (Lipinski definition) is 10. The minimum atomic E-state index is -3.32. The lowest BCUT2D eigenvalue weighted by Gasteiger charge is -2.60. The average molecular weight is 676 g/mol. The van der Waals surface area contributed by atoms with Crippen LogP contribution in [-0.4, -0.2) is 58.1 Å². The fourth-order valence-electron chi connectivity index (χ4n) is 9.58. The number of nitrogens with zero attached hydrogens (tertiary/aromatic N) is 3. The topological polar surface area (TPSA) is 152 Å². The van der Waals surface area contributed by atoms with Crippen LogP contribution in [0.3, 0.4) is 0 Å². The molecule has 0 aliphatic heterocycles. The number of thioether (sulfide) groups is 1. The molecular weight excluding hydrogens is 639 g/mol. The van der Waals surface area contributed by atoms with Gasteiger partial charge in [0.2, 0.25) is 10.9 Å². The lowest BCUT2D eigenvalue weighted by molar-refractivity contribution is -0.175. The van der Waals surface area contributed by atoms with Crippen LogP contribution in [0.2, 0.25) is 0 Å². The lowest BCUT2D eigenvalue weighted by atomic mass is 9.45. The summed E-state index contributed by atoms with van der Waals surface area (Å²) in [5.41, 5.74) is 1.35. The van der Waals surface area contributed by atoms with E-state index in [1.165, 1.54) is 24.2 Å². The summed E-state index contributed by atoms with van der Waals surface area (Å²) in [6.45, 7) is 4.21. The number of allylic oxidation sites excluding steroid dienone is 1. The van der Waals surface area contributed by atoms with Gasteiger partial charge in [-0.1, -0.05) is 31.2 Å². The molecule has 4 aliphatic rings. The maximum absolute atomic E-state index is 13.9. The van der Waals surface area contributed by atoms with Crippen LogP contribution in [0.15, 0.2) is 63.7 Å². The molecule has 4 aliphatic carbocycles. The van der Waals surface area contributed by atoms with Crippen molar-refractivity contribution in [2.75, 3.05) is 12.0 Å². The van der Waals surface area contributed by atoms with Gasteiger partial charge in [-0.05, 0) is 110 Å². The predicted molar refractivity (Wildman–Crippen MR) is 174 cm³/mol. The summed E-state index contributed by atoms with van der Waals surface area (Å²) in [4.78, 5) is 27.5. The van der Waals surface area contributed by atoms with Gasteiger partial charge in [-0.2, -0.15) is 10.4 Å². The minimum Gasteiger partial charge on any atom is -0.457 e. The molecule has 1 aromatic carbocycles. The van der Waals surface area contributed by atoms with E-state index in [1.54, 1.807) is 30.3 Å². The smallest absolute Gasteiger partial charge is 0.375 e. The Morgan fingerprint density at radius 2 is 1.98 bits per heavy atom. The van der Waals surface area contributed by atoms with E-state index in [-0.39, 0.29) is 51.1 Å². The quantitative estimate of drug-likeness (QED) is 0.336. The maximum Gasteiger partial charge on any atom is 0.375 e. The van der Waals surface area contributed by atoms with E-state index < -0.39 is 32.9 Å². The third-order valence-electron chi connectivity index (χ3n) is 11.6. The van der Waals surface area contributed by atoms with Gasteiger partial charge in [0.25, 0.3) is 0 Å². The Balaban J connectivity index is 1.21. The van der Waals surface area contributed by atoms with Crippen LogP contribution in [0.4, 0.5) is 0 Å². The Bertz CT molecular complexity index is 1930. The number of benzene rings is 1. The molecule has 47 heavy (non-hydrogen) atoms. The van der Waals surface area contributed by atoms with Crippen molar-refractivity contribution in [3.63, 3.8) is 0 Å². The van der Waals surface area contributed by atoms with Crippen LogP contribution in [0.25, 0.3) is 11.8 Å². The summed E-state index contributed by atoms with van der Waals surface area (Å²) in [5.74, 6) is -0.744. The van der Waals surface area contributed by atoms with Crippen molar-refractivity contribution in [1.82, 2.24) is 9.78 Å². The summed E-state index contributed by atoms with van der Waals surface area (Å²) in [5, 5.41) is 25.7. The number of ether oxygens (including phenoxy) is 1. The highest BCUT2D eigenvalue weighted by atomic mass is 32.2. The number of hydrogen-bond donors (Lipinski definition) is 1. The molecule has 7 atom stereocenters. The van der Waals surface area contributed by atoms with Crippen molar-refractivity contribution in [3.8, 4) is 11.8 Å². The summed E-state index contributed by atoms with van der Waals surface area (Å²) < 4.78 is 37.3. The molecule has 246 valence electrons. The molecule has 2 heterocycles. The fraction of sp³-hybridized carbons (Fsp3) is 0.486. The van der Waals surface area contributed by atoms with E-state index in [1.807, 2.05) is 23.9 Å². The molecule has 12 heteroatoms. The molecule has 3 saturated carbocycles. The highest BCUT2D eigenvalue weighted by Crippen LogP contribution is 2.69. The van der Waals surface area contributed by atoms with Gasteiger partial charge < -0.3 is 14.3 Å². The first-order valence-electron chi connectivity index (χ1n) is 15.9. The Kier molecular flexibility index (Phi) is 7.61. The Hall–Kier alpha value is -3.66. The van der Waals surface area contributed by atoms with Gasteiger partial charge in [0, 0.05) is 11.7 Å². The summed E-state index contributed by atoms with van der Waals surface area (Å²) in [7, 11) is -3.32. The maximum atomic E-state index is 13.9. The zero-order valence-corrected chi connectivity index (χ0v) is 28.1. The summed E-state index contributed by atoms with van der Waals surface area (Å²) in [6, 6.07) is 11.8. The summed E-state index contributed by atoms with van der Waals surface area (Å²) >= 11 is 0.871. The largest absolute Gasteiger partial charge is 0.457 e. The zero-order valence-electron chi connectivity index (χ0n) is 26.5. The van der Waals surface area contributed by atoms with E-state index >= 15 is 0 Å². The van der Waals surface area contributed by atoms with Crippen molar-refractivity contribution < 1.29 is 32.3 Å². The Morgan fingerprint density at radius 3 is 2.66 bits per heavy atom. The average Bonchev–Trinajstić information content (AvgIpc) is 3.77. The minimum absolute atomic E-state index is 0.00796. The van der Waals surface area contributed by atoms with E-state index in [0.717, 1.165) is 41.5 Å². The molecule has 0 saturated heterocycles. The number of aromatic nitrogens is 2. The number of aliphatic hydroxyl groups is 1.